The van der Waals surface area contributed by atoms with Crippen LogP contribution in [0.1, 0.15) is 70.6 Å². The van der Waals surface area contributed by atoms with Gasteiger partial charge in [0.15, 0.2) is 0 Å². The maximum Gasteiger partial charge on any atom is 0.136 e. The fourth-order valence-electron chi connectivity index (χ4n) is 4.16. The highest BCUT2D eigenvalue weighted by Gasteiger charge is 2.35. The summed E-state index contributed by atoms with van der Waals surface area (Å²) in [5.41, 5.74) is 0. The molecule has 2 heteroatoms. The van der Waals surface area contributed by atoms with Gasteiger partial charge in [-0.05, 0) is 31.6 Å². The maximum absolute atomic E-state index is 12.5. The Labute approximate surface area is 115 Å². The summed E-state index contributed by atoms with van der Waals surface area (Å²) in [7, 11) is 0. The van der Waals surface area contributed by atoms with E-state index in [0.717, 1.165) is 22.8 Å². The van der Waals surface area contributed by atoms with E-state index >= 15 is 0 Å². The molecule has 0 N–H and O–H groups in total. The Morgan fingerprint density at radius 1 is 0.889 bits per heavy atom. The molecular weight excluding hydrogens is 240 g/mol. The number of Topliss-reactive ketones (excluding diaryl/α,β-unsaturated/α-hetero) is 1. The minimum absolute atomic E-state index is 0.434. The van der Waals surface area contributed by atoms with Gasteiger partial charge in [-0.1, -0.05) is 38.5 Å². The van der Waals surface area contributed by atoms with Gasteiger partial charge < -0.3 is 0 Å². The first-order chi connectivity index (χ1) is 8.81. The van der Waals surface area contributed by atoms with E-state index < -0.39 is 0 Å². The van der Waals surface area contributed by atoms with E-state index in [2.05, 4.69) is 11.8 Å². The number of carbonyl (C=O) groups excluding carboxylic acids is 1. The van der Waals surface area contributed by atoms with Gasteiger partial charge in [0.1, 0.15) is 5.78 Å². The second kappa shape index (κ2) is 5.98. The zero-order valence-corrected chi connectivity index (χ0v) is 12.2. The van der Waals surface area contributed by atoms with E-state index in [0.29, 0.717) is 11.7 Å². The van der Waals surface area contributed by atoms with Crippen LogP contribution in [0.15, 0.2) is 0 Å². The lowest BCUT2D eigenvalue weighted by Gasteiger charge is -2.38. The number of fused-ring (bicyclic) bond motifs is 2. The Hall–Kier alpha value is 0.0200. The molecular formula is C16H26OS. The molecule has 2 unspecified atom stereocenters. The highest BCUT2D eigenvalue weighted by atomic mass is 32.2. The molecule has 18 heavy (non-hydrogen) atoms. The van der Waals surface area contributed by atoms with Crippen LogP contribution in [-0.2, 0) is 4.79 Å². The Morgan fingerprint density at radius 3 is 2.22 bits per heavy atom. The summed E-state index contributed by atoms with van der Waals surface area (Å²) < 4.78 is 0. The van der Waals surface area contributed by atoms with Crippen LogP contribution in [0.25, 0.3) is 0 Å². The molecule has 1 saturated carbocycles. The van der Waals surface area contributed by atoms with E-state index in [1.54, 1.807) is 0 Å². The van der Waals surface area contributed by atoms with Crippen LogP contribution in [0, 0.1) is 11.8 Å². The molecule has 3 fully saturated rings. The summed E-state index contributed by atoms with van der Waals surface area (Å²) in [5.74, 6) is 1.79. The van der Waals surface area contributed by atoms with Crippen molar-refractivity contribution < 1.29 is 4.79 Å². The molecule has 0 radical (unpaired) electrons. The highest BCUT2D eigenvalue weighted by molar-refractivity contribution is 8.00. The molecule has 1 aliphatic carbocycles. The van der Waals surface area contributed by atoms with Crippen LogP contribution < -0.4 is 0 Å². The molecule has 3 aliphatic rings. The molecule has 2 saturated heterocycles. The first-order valence-corrected chi connectivity index (χ1v) is 8.93. The number of hydrogen-bond acceptors (Lipinski definition) is 2. The lowest BCUT2D eigenvalue weighted by molar-refractivity contribution is -0.124. The Morgan fingerprint density at radius 2 is 1.56 bits per heavy atom. The summed E-state index contributed by atoms with van der Waals surface area (Å²) >= 11 is 2.19. The number of thioether (sulfide) groups is 1. The minimum Gasteiger partial charge on any atom is -0.299 e. The van der Waals surface area contributed by atoms with Crippen molar-refractivity contribution in [3.63, 3.8) is 0 Å². The molecule has 1 nitrogen and oxygen atoms in total. The van der Waals surface area contributed by atoms with Gasteiger partial charge in [0, 0.05) is 22.8 Å². The second-order valence-corrected chi connectivity index (χ2v) is 8.26. The van der Waals surface area contributed by atoms with Gasteiger partial charge in [-0.3, -0.25) is 4.79 Å². The number of carbonyl (C=O) groups is 1. The predicted octanol–water partition coefficient (Wildman–Crippen LogP) is 4.59. The highest BCUT2D eigenvalue weighted by Crippen LogP contribution is 2.44. The van der Waals surface area contributed by atoms with Crippen LogP contribution in [0.2, 0.25) is 0 Å². The number of rotatable bonds is 3. The summed E-state index contributed by atoms with van der Waals surface area (Å²) in [4.78, 5) is 12.5. The Balaban J connectivity index is 1.52. The fourth-order valence-corrected chi connectivity index (χ4v) is 6.00. The lowest BCUT2D eigenvalue weighted by Crippen LogP contribution is -2.33. The molecule has 0 amide bonds. The molecule has 2 heterocycles. The molecule has 2 atom stereocenters. The predicted molar refractivity (Wildman–Crippen MR) is 77.9 cm³/mol. The smallest absolute Gasteiger partial charge is 0.136 e. The first-order valence-electron chi connectivity index (χ1n) is 7.99. The summed E-state index contributed by atoms with van der Waals surface area (Å²) in [6.07, 6.45) is 14.2. The largest absolute Gasteiger partial charge is 0.299 e. The summed E-state index contributed by atoms with van der Waals surface area (Å²) in [6, 6.07) is 0. The average molecular weight is 266 g/mol. The first kappa shape index (κ1) is 13.0. The molecule has 0 aromatic carbocycles. The van der Waals surface area contributed by atoms with E-state index in [-0.39, 0.29) is 0 Å². The molecule has 102 valence electrons. The van der Waals surface area contributed by atoms with Crippen molar-refractivity contribution in [2.45, 2.75) is 81.1 Å². The van der Waals surface area contributed by atoms with Crippen LogP contribution >= 0.6 is 11.8 Å². The van der Waals surface area contributed by atoms with Gasteiger partial charge in [-0.25, -0.2) is 0 Å². The van der Waals surface area contributed by atoms with Crippen molar-refractivity contribution in [2.75, 3.05) is 0 Å². The fraction of sp³-hybridized carbons (Fsp3) is 0.938. The SMILES string of the molecule is O=C(CC1CCCCC1)C1CC2CCCC(C1)S2. The van der Waals surface area contributed by atoms with E-state index in [1.807, 2.05) is 0 Å². The molecule has 0 aromatic rings. The maximum atomic E-state index is 12.5. The third-order valence-electron chi connectivity index (χ3n) is 5.20. The van der Waals surface area contributed by atoms with Crippen molar-refractivity contribution in [1.82, 2.24) is 0 Å². The molecule has 0 aromatic heterocycles. The molecule has 2 aliphatic heterocycles. The molecule has 0 spiro atoms. The molecule has 3 rings (SSSR count). The summed E-state index contributed by atoms with van der Waals surface area (Å²) in [5, 5.41) is 1.63. The van der Waals surface area contributed by atoms with Crippen LogP contribution in [0.4, 0.5) is 0 Å². The van der Waals surface area contributed by atoms with Crippen LogP contribution in [0.5, 0.6) is 0 Å². The van der Waals surface area contributed by atoms with Crippen molar-refractivity contribution in [3.8, 4) is 0 Å². The Bertz CT molecular complexity index is 283. The van der Waals surface area contributed by atoms with E-state index in [1.165, 1.54) is 64.2 Å². The third kappa shape index (κ3) is 3.12. The van der Waals surface area contributed by atoms with Gasteiger partial charge in [-0.15, -0.1) is 0 Å². The van der Waals surface area contributed by atoms with Crippen molar-refractivity contribution in [2.24, 2.45) is 11.8 Å². The zero-order valence-electron chi connectivity index (χ0n) is 11.4. The van der Waals surface area contributed by atoms with Gasteiger partial charge in [0.2, 0.25) is 0 Å². The number of hydrogen-bond donors (Lipinski definition) is 0. The average Bonchev–Trinajstić information content (AvgIpc) is 2.39. The monoisotopic (exact) mass is 266 g/mol. The normalized spacial score (nSPS) is 37.4. The van der Waals surface area contributed by atoms with Gasteiger partial charge in [0.25, 0.3) is 0 Å². The number of ketones is 1. The van der Waals surface area contributed by atoms with Crippen LogP contribution in [-0.4, -0.2) is 16.3 Å². The van der Waals surface area contributed by atoms with Crippen molar-refractivity contribution in [1.29, 1.82) is 0 Å². The lowest BCUT2D eigenvalue weighted by atomic mass is 9.80. The molecule has 2 bridgehead atoms. The van der Waals surface area contributed by atoms with Gasteiger partial charge >= 0.3 is 0 Å². The minimum atomic E-state index is 0.434. The van der Waals surface area contributed by atoms with Gasteiger partial charge in [0.05, 0.1) is 0 Å². The second-order valence-electron chi connectivity index (χ2n) is 6.65. The van der Waals surface area contributed by atoms with Crippen LogP contribution in [0.3, 0.4) is 0 Å². The summed E-state index contributed by atoms with van der Waals surface area (Å²) in [6.45, 7) is 0. The topological polar surface area (TPSA) is 17.1 Å². The Kier molecular flexibility index (Phi) is 4.33. The third-order valence-corrected chi connectivity index (χ3v) is 6.83. The quantitative estimate of drug-likeness (QED) is 0.743. The zero-order chi connectivity index (χ0) is 12.4. The van der Waals surface area contributed by atoms with E-state index in [9.17, 15) is 4.79 Å². The standard InChI is InChI=1S/C16H26OS/c17-16(9-12-5-2-1-3-6-12)13-10-14-7-4-8-15(11-13)18-14/h12-15H,1-11H2. The van der Waals surface area contributed by atoms with E-state index in [4.69, 9.17) is 0 Å². The van der Waals surface area contributed by atoms with Gasteiger partial charge in [-0.2, -0.15) is 11.8 Å². The van der Waals surface area contributed by atoms with Crippen molar-refractivity contribution in [3.05, 3.63) is 0 Å². The van der Waals surface area contributed by atoms with Crippen molar-refractivity contribution >= 4 is 17.5 Å².